The lowest BCUT2D eigenvalue weighted by Gasteiger charge is -2.66. The third-order valence-corrected chi connectivity index (χ3v) is 7.49. The molecule has 1 aromatic rings. The van der Waals surface area contributed by atoms with E-state index in [1.54, 1.807) is 0 Å². The van der Waals surface area contributed by atoms with Crippen LogP contribution in [0.2, 0.25) is 0 Å². The molecule has 1 saturated heterocycles. The van der Waals surface area contributed by atoms with Gasteiger partial charge in [0.15, 0.2) is 0 Å². The molecule has 132 valence electrons. The molecule has 4 atom stereocenters. The van der Waals surface area contributed by atoms with Gasteiger partial charge in [0, 0.05) is 37.4 Å². The summed E-state index contributed by atoms with van der Waals surface area (Å²) in [6, 6.07) is 10.2. The van der Waals surface area contributed by atoms with Crippen molar-refractivity contribution in [1.82, 2.24) is 4.90 Å². The Morgan fingerprint density at radius 3 is 2.56 bits per heavy atom. The maximum absolute atomic E-state index is 13.4. The highest BCUT2D eigenvalue weighted by Crippen LogP contribution is 2.62. The SMILES string of the molecule is O=C1CCC2CC3(c4ccccc4)CC1C2(N1CCOCC1)CC3=O. The summed E-state index contributed by atoms with van der Waals surface area (Å²) in [6.07, 6.45) is 3.80. The number of benzene rings is 1. The van der Waals surface area contributed by atoms with Crippen molar-refractivity contribution in [2.45, 2.75) is 43.1 Å². The van der Waals surface area contributed by atoms with Gasteiger partial charge in [0.25, 0.3) is 0 Å². The normalized spacial score (nSPS) is 41.1. The number of fused-ring (bicyclic) bond motifs is 1. The molecule has 6 rings (SSSR count). The quantitative estimate of drug-likeness (QED) is 0.830. The van der Waals surface area contributed by atoms with Crippen LogP contribution in [0.15, 0.2) is 30.3 Å². The van der Waals surface area contributed by atoms with Crippen LogP contribution in [0.3, 0.4) is 0 Å². The summed E-state index contributed by atoms with van der Waals surface area (Å²) in [5, 5.41) is 0. The van der Waals surface area contributed by atoms with Crippen molar-refractivity contribution in [2.24, 2.45) is 11.8 Å². The molecule has 4 saturated carbocycles. The second kappa shape index (κ2) is 5.49. The summed E-state index contributed by atoms with van der Waals surface area (Å²) in [7, 11) is 0. The maximum atomic E-state index is 13.4. The van der Waals surface area contributed by atoms with Crippen molar-refractivity contribution in [3.05, 3.63) is 35.9 Å². The second-order valence-electron chi connectivity index (χ2n) is 8.30. The number of ether oxygens (including phenoxy) is 1. The monoisotopic (exact) mass is 339 g/mol. The maximum Gasteiger partial charge on any atom is 0.145 e. The summed E-state index contributed by atoms with van der Waals surface area (Å²) >= 11 is 0. The molecule has 4 nitrogen and oxygen atoms in total. The van der Waals surface area contributed by atoms with Gasteiger partial charge < -0.3 is 4.74 Å². The summed E-state index contributed by atoms with van der Waals surface area (Å²) < 4.78 is 5.55. The number of nitrogens with zero attached hydrogens (tertiary/aromatic N) is 1. The molecule has 4 unspecified atom stereocenters. The molecule has 1 heterocycles. The van der Waals surface area contributed by atoms with E-state index in [1.165, 1.54) is 0 Å². The first-order valence-electron chi connectivity index (χ1n) is 9.61. The van der Waals surface area contributed by atoms with Crippen molar-refractivity contribution in [1.29, 1.82) is 0 Å². The van der Waals surface area contributed by atoms with Crippen LogP contribution in [0.1, 0.15) is 37.7 Å². The number of rotatable bonds is 2. The Morgan fingerprint density at radius 1 is 1.04 bits per heavy atom. The van der Waals surface area contributed by atoms with Crippen molar-refractivity contribution in [3.63, 3.8) is 0 Å². The Bertz CT molecular complexity index is 711. The van der Waals surface area contributed by atoms with E-state index in [4.69, 9.17) is 4.74 Å². The first-order valence-corrected chi connectivity index (χ1v) is 9.61. The molecular weight excluding hydrogens is 314 g/mol. The zero-order valence-electron chi connectivity index (χ0n) is 14.6. The van der Waals surface area contributed by atoms with Crippen molar-refractivity contribution in [2.75, 3.05) is 26.3 Å². The molecule has 5 aliphatic rings. The van der Waals surface area contributed by atoms with Gasteiger partial charge in [0.05, 0.1) is 18.6 Å². The number of carbonyl (C=O) groups excluding carboxylic acids is 2. The van der Waals surface area contributed by atoms with Crippen LogP contribution < -0.4 is 0 Å². The lowest BCUT2D eigenvalue weighted by Crippen LogP contribution is -2.74. The van der Waals surface area contributed by atoms with Gasteiger partial charge in [-0.3, -0.25) is 14.5 Å². The van der Waals surface area contributed by atoms with E-state index in [9.17, 15) is 9.59 Å². The van der Waals surface area contributed by atoms with Crippen LogP contribution in [0.25, 0.3) is 0 Å². The molecule has 0 amide bonds. The highest BCUT2D eigenvalue weighted by atomic mass is 16.5. The Morgan fingerprint density at radius 2 is 1.80 bits per heavy atom. The van der Waals surface area contributed by atoms with E-state index in [0.717, 1.165) is 31.5 Å². The van der Waals surface area contributed by atoms with Crippen LogP contribution in [0.4, 0.5) is 0 Å². The zero-order valence-corrected chi connectivity index (χ0v) is 14.6. The van der Waals surface area contributed by atoms with Crippen LogP contribution >= 0.6 is 0 Å². The van der Waals surface area contributed by atoms with E-state index in [0.29, 0.717) is 50.0 Å². The van der Waals surface area contributed by atoms with Crippen LogP contribution in [0.5, 0.6) is 0 Å². The van der Waals surface area contributed by atoms with E-state index in [-0.39, 0.29) is 11.5 Å². The van der Waals surface area contributed by atoms with E-state index < -0.39 is 5.41 Å². The molecule has 4 bridgehead atoms. The lowest BCUT2D eigenvalue weighted by atomic mass is 9.42. The minimum atomic E-state index is -0.430. The average Bonchev–Trinajstić information content (AvgIpc) is 2.66. The van der Waals surface area contributed by atoms with Gasteiger partial charge in [-0.05, 0) is 30.7 Å². The topological polar surface area (TPSA) is 46.6 Å². The molecular formula is C21H25NO3. The number of hydrogen-bond acceptors (Lipinski definition) is 4. The molecule has 4 aliphatic carbocycles. The number of carbonyl (C=O) groups is 2. The standard InChI is InChI=1S/C21H25NO3/c23-18-7-6-16-12-20(15-4-2-1-3-5-15)13-17(18)21(16,14-19(20)24)22-8-10-25-11-9-22/h1-5,16-17H,6-14H2. The molecule has 0 spiro atoms. The number of Topliss-reactive ketones (excluding diaryl/α,β-unsaturated/α-hetero) is 2. The molecule has 4 heteroatoms. The first-order chi connectivity index (χ1) is 12.2. The van der Waals surface area contributed by atoms with Crippen LogP contribution in [-0.2, 0) is 19.7 Å². The highest BCUT2D eigenvalue weighted by molar-refractivity contribution is 5.97. The smallest absolute Gasteiger partial charge is 0.145 e. The predicted molar refractivity (Wildman–Crippen MR) is 93.3 cm³/mol. The van der Waals surface area contributed by atoms with Gasteiger partial charge >= 0.3 is 0 Å². The fourth-order valence-electron chi connectivity index (χ4n) is 6.37. The first kappa shape index (κ1) is 15.7. The summed E-state index contributed by atoms with van der Waals surface area (Å²) in [5.41, 5.74) is 0.466. The molecule has 0 N–H and O–H groups in total. The van der Waals surface area contributed by atoms with Crippen molar-refractivity contribution < 1.29 is 14.3 Å². The van der Waals surface area contributed by atoms with E-state index in [1.807, 2.05) is 18.2 Å². The Kier molecular flexibility index (Phi) is 3.45. The van der Waals surface area contributed by atoms with Crippen LogP contribution in [0, 0.1) is 11.8 Å². The average molecular weight is 339 g/mol. The fraction of sp³-hybridized carbons (Fsp3) is 0.619. The zero-order chi connectivity index (χ0) is 17.1. The van der Waals surface area contributed by atoms with Gasteiger partial charge in [-0.25, -0.2) is 0 Å². The summed E-state index contributed by atoms with van der Waals surface area (Å²) in [5.74, 6) is 1.19. The summed E-state index contributed by atoms with van der Waals surface area (Å²) in [4.78, 5) is 28.8. The van der Waals surface area contributed by atoms with Gasteiger partial charge in [0.1, 0.15) is 11.6 Å². The number of morpholine rings is 1. The lowest BCUT2D eigenvalue weighted by molar-refractivity contribution is -0.178. The molecule has 25 heavy (non-hydrogen) atoms. The Balaban J connectivity index is 1.61. The molecule has 5 fully saturated rings. The minimum Gasteiger partial charge on any atom is -0.379 e. The van der Waals surface area contributed by atoms with Crippen molar-refractivity contribution in [3.8, 4) is 0 Å². The summed E-state index contributed by atoms with van der Waals surface area (Å²) in [6.45, 7) is 3.14. The fourth-order valence-corrected chi connectivity index (χ4v) is 6.37. The largest absolute Gasteiger partial charge is 0.379 e. The van der Waals surface area contributed by atoms with E-state index >= 15 is 0 Å². The van der Waals surface area contributed by atoms with Crippen molar-refractivity contribution >= 4 is 11.6 Å². The third-order valence-electron chi connectivity index (χ3n) is 7.49. The van der Waals surface area contributed by atoms with E-state index in [2.05, 4.69) is 17.0 Å². The van der Waals surface area contributed by atoms with Gasteiger partial charge in [-0.2, -0.15) is 0 Å². The Hall–Kier alpha value is -1.52. The van der Waals surface area contributed by atoms with Gasteiger partial charge in [0.2, 0.25) is 0 Å². The number of hydrogen-bond donors (Lipinski definition) is 0. The second-order valence-corrected chi connectivity index (χ2v) is 8.30. The molecule has 1 aromatic carbocycles. The Labute approximate surface area is 148 Å². The minimum absolute atomic E-state index is 0.0102. The molecule has 0 aromatic heterocycles. The highest BCUT2D eigenvalue weighted by Gasteiger charge is 2.68. The van der Waals surface area contributed by atoms with Gasteiger partial charge in [-0.1, -0.05) is 30.3 Å². The predicted octanol–water partition coefficient (Wildman–Crippen LogP) is 2.36. The molecule has 1 aliphatic heterocycles. The van der Waals surface area contributed by atoms with Crippen LogP contribution in [-0.4, -0.2) is 48.3 Å². The molecule has 0 radical (unpaired) electrons. The third kappa shape index (κ3) is 2.01. The number of ketones is 2. The van der Waals surface area contributed by atoms with Gasteiger partial charge in [-0.15, -0.1) is 0 Å².